The summed E-state index contributed by atoms with van der Waals surface area (Å²) in [6.07, 6.45) is -0.801. The van der Waals surface area contributed by atoms with Crippen molar-refractivity contribution in [3.05, 3.63) is 0 Å². The van der Waals surface area contributed by atoms with E-state index in [9.17, 15) is 8.42 Å². The first-order valence-electron chi connectivity index (χ1n) is 5.29. The van der Waals surface area contributed by atoms with E-state index in [1.54, 1.807) is 6.92 Å². The Morgan fingerprint density at radius 3 is 2.83 bits per heavy atom. The zero-order valence-corrected chi connectivity index (χ0v) is 11.3. The molecular weight excluding hydrogens is 280 g/mol. The highest BCUT2D eigenvalue weighted by Gasteiger charge is 2.35. The summed E-state index contributed by atoms with van der Waals surface area (Å²) in [5.41, 5.74) is 5.38. The molecule has 2 rings (SSSR count). The maximum Gasteiger partial charge on any atom is 0.272 e. The number of hydrogen-bond donors (Lipinski definition) is 2. The zero-order chi connectivity index (χ0) is 13.3. The summed E-state index contributed by atoms with van der Waals surface area (Å²) in [4.78, 5) is 0. The van der Waals surface area contributed by atoms with Gasteiger partial charge in [-0.25, -0.2) is 8.42 Å². The predicted molar refractivity (Wildman–Crippen MR) is 64.5 cm³/mol. The van der Waals surface area contributed by atoms with Crippen LogP contribution in [0.1, 0.15) is 6.92 Å². The summed E-state index contributed by atoms with van der Waals surface area (Å²) in [6, 6.07) is 0. The van der Waals surface area contributed by atoms with Crippen molar-refractivity contribution in [2.45, 2.75) is 23.5 Å². The van der Waals surface area contributed by atoms with Crippen LogP contribution in [-0.4, -0.2) is 59.9 Å². The van der Waals surface area contributed by atoms with Gasteiger partial charge >= 0.3 is 0 Å². The number of hydrogen-bond acceptors (Lipinski definition) is 8. The number of anilines is 1. The number of aromatic nitrogens is 2. The smallest absolute Gasteiger partial charge is 0.272 e. The minimum Gasteiger partial charge on any atom is -0.394 e. The van der Waals surface area contributed by atoms with E-state index in [1.165, 1.54) is 4.31 Å². The van der Waals surface area contributed by atoms with Crippen LogP contribution in [0.15, 0.2) is 4.34 Å². The zero-order valence-electron chi connectivity index (χ0n) is 9.68. The molecule has 0 amide bonds. The van der Waals surface area contributed by atoms with Crippen LogP contribution in [0.2, 0.25) is 0 Å². The third-order valence-corrected chi connectivity index (χ3v) is 5.41. The summed E-state index contributed by atoms with van der Waals surface area (Å²) in [5, 5.41) is 16.2. The van der Waals surface area contributed by atoms with Gasteiger partial charge in [0, 0.05) is 13.1 Å². The van der Waals surface area contributed by atoms with E-state index in [-0.39, 0.29) is 35.3 Å². The molecule has 1 aliphatic heterocycles. The quantitative estimate of drug-likeness (QED) is 0.725. The monoisotopic (exact) mass is 294 g/mol. The Hall–Kier alpha value is -0.810. The molecule has 1 fully saturated rings. The molecule has 1 aromatic rings. The van der Waals surface area contributed by atoms with Gasteiger partial charge in [-0.2, -0.15) is 4.31 Å². The molecule has 0 bridgehead atoms. The Balaban J connectivity index is 2.24. The van der Waals surface area contributed by atoms with E-state index in [1.807, 2.05) is 0 Å². The number of morpholine rings is 1. The van der Waals surface area contributed by atoms with Crippen LogP contribution in [0, 0.1) is 0 Å². The van der Waals surface area contributed by atoms with Crippen LogP contribution in [0.3, 0.4) is 0 Å². The Bertz CT molecular complexity index is 517. The summed E-state index contributed by atoms with van der Waals surface area (Å²) in [5.74, 6) is 0. The van der Waals surface area contributed by atoms with Crippen molar-refractivity contribution in [1.29, 1.82) is 0 Å². The fraction of sp³-hybridized carbons (Fsp3) is 0.750. The Morgan fingerprint density at radius 1 is 1.56 bits per heavy atom. The maximum absolute atomic E-state index is 12.2. The molecule has 18 heavy (non-hydrogen) atoms. The van der Waals surface area contributed by atoms with Crippen LogP contribution >= 0.6 is 11.3 Å². The highest BCUT2D eigenvalue weighted by atomic mass is 32.2. The van der Waals surface area contributed by atoms with Gasteiger partial charge in [-0.05, 0) is 6.92 Å². The van der Waals surface area contributed by atoms with Crippen LogP contribution in [0.25, 0.3) is 0 Å². The van der Waals surface area contributed by atoms with Gasteiger partial charge in [0.15, 0.2) is 0 Å². The Morgan fingerprint density at radius 2 is 2.28 bits per heavy atom. The van der Waals surface area contributed by atoms with Gasteiger partial charge in [-0.3, -0.25) is 0 Å². The molecule has 0 saturated carbocycles. The van der Waals surface area contributed by atoms with Crippen LogP contribution in [0.5, 0.6) is 0 Å². The first-order valence-corrected chi connectivity index (χ1v) is 7.54. The third kappa shape index (κ3) is 2.62. The third-order valence-electron chi connectivity index (χ3n) is 2.48. The number of aliphatic hydroxyl groups is 1. The molecule has 8 nitrogen and oxygen atoms in total. The van der Waals surface area contributed by atoms with Gasteiger partial charge in [0.1, 0.15) is 0 Å². The van der Waals surface area contributed by atoms with Crippen molar-refractivity contribution in [3.63, 3.8) is 0 Å². The minimum absolute atomic E-state index is 0.0999. The van der Waals surface area contributed by atoms with E-state index in [0.29, 0.717) is 0 Å². The number of aliphatic hydroxyl groups excluding tert-OH is 1. The predicted octanol–water partition coefficient (Wildman–Crippen LogP) is -1.11. The summed E-state index contributed by atoms with van der Waals surface area (Å²) in [7, 11) is -3.71. The molecule has 2 atom stereocenters. The molecule has 1 aromatic heterocycles. The summed E-state index contributed by atoms with van der Waals surface area (Å²) < 4.78 is 31.0. The minimum atomic E-state index is -3.71. The lowest BCUT2D eigenvalue weighted by molar-refractivity contribution is -0.0750. The molecule has 3 N–H and O–H groups in total. The molecule has 0 spiro atoms. The van der Waals surface area contributed by atoms with Gasteiger partial charge in [0.2, 0.25) is 9.47 Å². The molecule has 0 aliphatic carbocycles. The average Bonchev–Trinajstić information content (AvgIpc) is 2.75. The van der Waals surface area contributed by atoms with E-state index in [4.69, 9.17) is 15.6 Å². The molecule has 1 saturated heterocycles. The van der Waals surface area contributed by atoms with Crippen molar-refractivity contribution >= 4 is 26.5 Å². The lowest BCUT2D eigenvalue weighted by Gasteiger charge is -2.34. The van der Waals surface area contributed by atoms with Crippen LogP contribution in [0.4, 0.5) is 5.13 Å². The molecule has 1 aliphatic rings. The van der Waals surface area contributed by atoms with Crippen LogP contribution in [-0.2, 0) is 14.8 Å². The highest BCUT2D eigenvalue weighted by molar-refractivity contribution is 7.91. The second-order valence-corrected chi connectivity index (χ2v) is 7.10. The average molecular weight is 294 g/mol. The Kier molecular flexibility index (Phi) is 3.82. The lowest BCUT2D eigenvalue weighted by Crippen LogP contribution is -2.50. The second-order valence-electron chi connectivity index (χ2n) is 3.98. The SMILES string of the molecule is CC1CN(S(=O)(=O)c2nnc(N)s2)CC(CO)O1. The number of nitrogens with two attached hydrogens (primary N) is 1. The fourth-order valence-electron chi connectivity index (χ4n) is 1.74. The van der Waals surface area contributed by atoms with Crippen molar-refractivity contribution in [3.8, 4) is 0 Å². The van der Waals surface area contributed by atoms with E-state index in [0.717, 1.165) is 11.3 Å². The number of ether oxygens (including phenoxy) is 1. The number of sulfonamides is 1. The molecule has 10 heteroatoms. The first-order chi connectivity index (χ1) is 8.43. The Labute approximate surface area is 108 Å². The van der Waals surface area contributed by atoms with Gasteiger partial charge < -0.3 is 15.6 Å². The molecule has 0 aromatic carbocycles. The molecule has 2 unspecified atom stereocenters. The standard InChI is InChI=1S/C8H14N4O4S2/c1-5-2-12(3-6(4-13)16-5)18(14,15)8-11-10-7(9)17-8/h5-6,13H,2-4H2,1H3,(H2,9,10). The topological polar surface area (TPSA) is 119 Å². The number of nitrogen functional groups attached to an aromatic ring is 1. The molecular formula is C8H14N4O4S2. The normalized spacial score (nSPS) is 26.3. The van der Waals surface area contributed by atoms with E-state index >= 15 is 0 Å². The van der Waals surface area contributed by atoms with Crippen molar-refractivity contribution in [2.24, 2.45) is 0 Å². The molecule has 102 valence electrons. The van der Waals surface area contributed by atoms with Gasteiger partial charge in [0.05, 0.1) is 18.8 Å². The number of rotatable bonds is 3. The van der Waals surface area contributed by atoms with Crippen LogP contribution < -0.4 is 5.73 Å². The van der Waals surface area contributed by atoms with Crippen molar-refractivity contribution in [2.75, 3.05) is 25.4 Å². The fourth-order valence-corrected chi connectivity index (χ4v) is 4.20. The number of nitrogens with zero attached hydrogens (tertiary/aromatic N) is 3. The van der Waals surface area contributed by atoms with E-state index in [2.05, 4.69) is 10.2 Å². The van der Waals surface area contributed by atoms with Crippen molar-refractivity contribution < 1.29 is 18.3 Å². The first kappa shape index (κ1) is 13.6. The molecule has 0 radical (unpaired) electrons. The van der Waals surface area contributed by atoms with Gasteiger partial charge in [0.25, 0.3) is 10.0 Å². The highest BCUT2D eigenvalue weighted by Crippen LogP contribution is 2.24. The van der Waals surface area contributed by atoms with E-state index < -0.39 is 16.1 Å². The maximum atomic E-state index is 12.2. The molecule has 2 heterocycles. The summed E-state index contributed by atoms with van der Waals surface area (Å²) in [6.45, 7) is 1.84. The summed E-state index contributed by atoms with van der Waals surface area (Å²) >= 11 is 0.821. The largest absolute Gasteiger partial charge is 0.394 e. The van der Waals surface area contributed by atoms with Crippen molar-refractivity contribution in [1.82, 2.24) is 14.5 Å². The van der Waals surface area contributed by atoms with Gasteiger partial charge in [-0.15, -0.1) is 10.2 Å². The second kappa shape index (κ2) is 5.05. The lowest BCUT2D eigenvalue weighted by atomic mass is 10.2. The van der Waals surface area contributed by atoms with Gasteiger partial charge in [-0.1, -0.05) is 11.3 Å².